The molecule has 0 amide bonds. The van der Waals surface area contributed by atoms with E-state index in [-0.39, 0.29) is 0 Å². The standard InChI is InChI=1S/C88H58N4/c1-9-25-61(26-10-1)77-57-83-81(89-87(67-33-17-5-18-34-67)91(83)71-37-21-7-22-38-71)55-75(77)63-45-41-59(42-46-63)69-49-51-73-79(53-69)85(65-29-13-3-14-30-65)74-52-50-70(54-80(74)86(73)66-31-15-4-16-32-66)60-43-47-64(48-44-60)76-56-82-84(58-78(76)62-27-11-2-12-28-62)92(72-39-23-8-24-40-72)88(90-82)68-35-19-6-20-36-68/h1-58H. The molecule has 0 aliphatic rings. The monoisotopic (exact) mass is 1170 g/mol. The zero-order valence-corrected chi connectivity index (χ0v) is 50.3. The van der Waals surface area contributed by atoms with E-state index >= 15 is 0 Å². The number of para-hydroxylation sites is 2. The Morgan fingerprint density at radius 2 is 0.446 bits per heavy atom. The van der Waals surface area contributed by atoms with Gasteiger partial charge >= 0.3 is 0 Å². The first-order valence-electron chi connectivity index (χ1n) is 31.4. The molecule has 0 spiro atoms. The predicted octanol–water partition coefficient (Wildman–Crippen LogP) is 23.3. The number of hydrogen-bond acceptors (Lipinski definition) is 2. The largest absolute Gasteiger partial charge is 0.292 e. The highest BCUT2D eigenvalue weighted by molar-refractivity contribution is 6.22. The quantitative estimate of drug-likeness (QED) is 0.114. The molecule has 0 saturated heterocycles. The Hall–Kier alpha value is -12.2. The van der Waals surface area contributed by atoms with Crippen LogP contribution in [0.4, 0.5) is 0 Å². The van der Waals surface area contributed by atoms with Crippen LogP contribution in [0.3, 0.4) is 0 Å². The van der Waals surface area contributed by atoms with Gasteiger partial charge in [0.1, 0.15) is 11.6 Å². The van der Waals surface area contributed by atoms with E-state index in [9.17, 15) is 0 Å². The number of rotatable bonds is 12. The van der Waals surface area contributed by atoms with E-state index in [0.717, 1.165) is 123 Å². The van der Waals surface area contributed by atoms with E-state index in [1.54, 1.807) is 0 Å². The van der Waals surface area contributed by atoms with Gasteiger partial charge in [-0.05, 0) is 171 Å². The van der Waals surface area contributed by atoms with Crippen molar-refractivity contribution in [2.75, 3.05) is 0 Å². The Morgan fingerprint density at radius 3 is 0.783 bits per heavy atom. The summed E-state index contributed by atoms with van der Waals surface area (Å²) in [5, 5.41) is 4.82. The third-order valence-electron chi connectivity index (χ3n) is 18.1. The first kappa shape index (κ1) is 54.0. The van der Waals surface area contributed by atoms with Gasteiger partial charge in [-0.1, -0.05) is 291 Å². The van der Waals surface area contributed by atoms with E-state index in [1.165, 1.54) is 43.8 Å². The molecule has 2 heterocycles. The topological polar surface area (TPSA) is 35.6 Å². The molecule has 0 saturated carbocycles. The predicted molar refractivity (Wildman–Crippen MR) is 385 cm³/mol. The molecule has 17 rings (SSSR count). The second kappa shape index (κ2) is 23.0. The molecule has 2 aromatic heterocycles. The SMILES string of the molecule is c1ccc(-c2cc3c(cc2-c2ccc(-c4ccc5c(-c6ccccc6)c6cc(-c7ccc(-c8cc9nc(-c%10ccccc%10)n(-c%10ccccc%10)c9cc8-c8ccccc8)cc7)ccc6c(-c6ccccc6)c5c4)cc2)nc(-c2ccccc2)n3-c2ccccc2)cc1. The summed E-state index contributed by atoms with van der Waals surface area (Å²) in [5.41, 5.74) is 26.8. The molecule has 0 radical (unpaired) electrons. The van der Waals surface area contributed by atoms with Gasteiger partial charge in [-0.3, -0.25) is 9.13 Å². The number of aromatic nitrogens is 4. The lowest BCUT2D eigenvalue weighted by Gasteiger charge is -2.20. The molecule has 0 atom stereocenters. The van der Waals surface area contributed by atoms with Gasteiger partial charge in [-0.25, -0.2) is 9.97 Å². The molecular weight excluding hydrogens is 1110 g/mol. The van der Waals surface area contributed by atoms with Crippen molar-refractivity contribution in [3.8, 4) is 123 Å². The lowest BCUT2D eigenvalue weighted by atomic mass is 9.83. The number of fused-ring (bicyclic) bond motifs is 4. The molecule has 0 N–H and O–H groups in total. The summed E-state index contributed by atoms with van der Waals surface area (Å²) in [7, 11) is 0. The van der Waals surface area contributed by atoms with Gasteiger partial charge in [0.15, 0.2) is 0 Å². The highest BCUT2D eigenvalue weighted by Gasteiger charge is 2.23. The minimum atomic E-state index is 0.911. The second-order valence-corrected chi connectivity index (χ2v) is 23.6. The summed E-state index contributed by atoms with van der Waals surface area (Å²) < 4.78 is 4.59. The maximum Gasteiger partial charge on any atom is 0.145 e. The molecule has 4 heteroatoms. The Morgan fingerprint density at radius 1 is 0.185 bits per heavy atom. The van der Waals surface area contributed by atoms with Crippen LogP contribution in [0.1, 0.15) is 0 Å². The average molecular weight is 1170 g/mol. The van der Waals surface area contributed by atoms with Crippen molar-refractivity contribution >= 4 is 43.6 Å². The van der Waals surface area contributed by atoms with Gasteiger partial charge < -0.3 is 0 Å². The van der Waals surface area contributed by atoms with Crippen LogP contribution in [-0.4, -0.2) is 19.1 Å². The smallest absolute Gasteiger partial charge is 0.145 e. The molecular formula is C88H58N4. The highest BCUT2D eigenvalue weighted by Crippen LogP contribution is 2.48. The maximum absolute atomic E-state index is 5.39. The highest BCUT2D eigenvalue weighted by atomic mass is 15.1. The summed E-state index contributed by atoms with van der Waals surface area (Å²) in [4.78, 5) is 10.8. The summed E-state index contributed by atoms with van der Waals surface area (Å²) in [6.07, 6.45) is 0. The fourth-order valence-corrected chi connectivity index (χ4v) is 13.8. The van der Waals surface area contributed by atoms with Gasteiger partial charge in [-0.15, -0.1) is 0 Å². The van der Waals surface area contributed by atoms with Crippen molar-refractivity contribution in [1.82, 2.24) is 19.1 Å². The lowest BCUT2D eigenvalue weighted by Crippen LogP contribution is -1.97. The van der Waals surface area contributed by atoms with E-state index < -0.39 is 0 Å². The Balaban J connectivity index is 0.781. The maximum atomic E-state index is 5.39. The van der Waals surface area contributed by atoms with Crippen molar-refractivity contribution in [2.24, 2.45) is 0 Å². The molecule has 15 aromatic carbocycles. The van der Waals surface area contributed by atoms with Crippen molar-refractivity contribution in [3.63, 3.8) is 0 Å². The molecule has 92 heavy (non-hydrogen) atoms. The minimum Gasteiger partial charge on any atom is -0.292 e. The first-order valence-corrected chi connectivity index (χ1v) is 31.4. The molecule has 0 aliphatic heterocycles. The number of imidazole rings is 2. The molecule has 0 aliphatic carbocycles. The third kappa shape index (κ3) is 9.66. The number of hydrogen-bond donors (Lipinski definition) is 0. The second-order valence-electron chi connectivity index (χ2n) is 23.6. The van der Waals surface area contributed by atoms with Crippen LogP contribution in [-0.2, 0) is 0 Å². The van der Waals surface area contributed by atoms with E-state index in [1.807, 2.05) is 0 Å². The molecule has 0 fully saturated rings. The van der Waals surface area contributed by atoms with Crippen molar-refractivity contribution < 1.29 is 0 Å². The van der Waals surface area contributed by atoms with Gasteiger partial charge in [-0.2, -0.15) is 0 Å². The Kier molecular flexibility index (Phi) is 13.5. The van der Waals surface area contributed by atoms with E-state index in [4.69, 9.17) is 9.97 Å². The van der Waals surface area contributed by atoms with Crippen LogP contribution in [0.25, 0.3) is 167 Å². The Labute approximate surface area is 534 Å². The summed E-state index contributed by atoms with van der Waals surface area (Å²) in [6, 6.07) is 127. The number of benzene rings is 15. The van der Waals surface area contributed by atoms with Crippen LogP contribution in [0.15, 0.2) is 352 Å². The summed E-state index contributed by atoms with van der Waals surface area (Å²) in [6.45, 7) is 0. The van der Waals surface area contributed by atoms with E-state index in [2.05, 4.69) is 361 Å². The third-order valence-corrected chi connectivity index (χ3v) is 18.1. The molecule has 4 nitrogen and oxygen atoms in total. The fraction of sp³-hybridized carbons (Fsp3) is 0. The van der Waals surface area contributed by atoms with Gasteiger partial charge in [0.05, 0.1) is 22.1 Å². The van der Waals surface area contributed by atoms with Crippen LogP contribution in [0.2, 0.25) is 0 Å². The lowest BCUT2D eigenvalue weighted by molar-refractivity contribution is 1.10. The molecule has 430 valence electrons. The molecule has 0 bridgehead atoms. The first-order chi connectivity index (χ1) is 45.6. The van der Waals surface area contributed by atoms with E-state index in [0.29, 0.717) is 0 Å². The zero-order valence-electron chi connectivity index (χ0n) is 50.3. The van der Waals surface area contributed by atoms with Crippen molar-refractivity contribution in [1.29, 1.82) is 0 Å². The molecule has 0 unspecified atom stereocenters. The minimum absolute atomic E-state index is 0.911. The van der Waals surface area contributed by atoms with Crippen LogP contribution < -0.4 is 0 Å². The summed E-state index contributed by atoms with van der Waals surface area (Å²) in [5.74, 6) is 1.82. The fourth-order valence-electron chi connectivity index (χ4n) is 13.8. The Bertz CT molecular complexity index is 5180. The molecule has 17 aromatic rings. The van der Waals surface area contributed by atoms with Crippen LogP contribution in [0.5, 0.6) is 0 Å². The van der Waals surface area contributed by atoms with Crippen molar-refractivity contribution in [2.45, 2.75) is 0 Å². The normalized spacial score (nSPS) is 11.5. The van der Waals surface area contributed by atoms with Crippen LogP contribution in [0, 0.1) is 0 Å². The van der Waals surface area contributed by atoms with Crippen LogP contribution >= 0.6 is 0 Å². The number of nitrogens with zero attached hydrogens (tertiary/aromatic N) is 4. The zero-order chi connectivity index (χ0) is 60.9. The van der Waals surface area contributed by atoms with Crippen molar-refractivity contribution in [3.05, 3.63) is 352 Å². The van der Waals surface area contributed by atoms with Gasteiger partial charge in [0.2, 0.25) is 0 Å². The average Bonchev–Trinajstić information content (AvgIpc) is 1.14. The van der Waals surface area contributed by atoms with Gasteiger partial charge in [0.25, 0.3) is 0 Å². The summed E-state index contributed by atoms with van der Waals surface area (Å²) >= 11 is 0. The van der Waals surface area contributed by atoms with Gasteiger partial charge in [0, 0.05) is 22.5 Å².